The van der Waals surface area contributed by atoms with Crippen LogP contribution < -0.4 is 15.4 Å². The number of nitrogens with zero attached hydrogens (tertiary/aromatic N) is 6. The third kappa shape index (κ3) is 4.42. The van der Waals surface area contributed by atoms with Crippen LogP contribution in [-0.4, -0.2) is 84.3 Å². The first-order valence-electron chi connectivity index (χ1n) is 15.9. The number of fused-ring (bicyclic) bond motifs is 4. The summed E-state index contributed by atoms with van der Waals surface area (Å²) in [6, 6.07) is 4.71. The Morgan fingerprint density at radius 3 is 2.77 bits per heavy atom. The van der Waals surface area contributed by atoms with Crippen LogP contribution in [0.2, 0.25) is 0 Å². The van der Waals surface area contributed by atoms with Crippen molar-refractivity contribution in [2.45, 2.75) is 81.5 Å². The number of hydrogen-bond acceptors (Lipinski definition) is 12. The van der Waals surface area contributed by atoms with E-state index in [2.05, 4.69) is 35.0 Å². The third-order valence-corrected chi connectivity index (χ3v) is 11.6. The van der Waals surface area contributed by atoms with Crippen LogP contribution in [0.3, 0.4) is 0 Å². The van der Waals surface area contributed by atoms with E-state index in [9.17, 15) is 5.26 Å². The van der Waals surface area contributed by atoms with Crippen LogP contribution in [-0.2, 0) is 27.7 Å². The molecule has 0 bridgehead atoms. The van der Waals surface area contributed by atoms with Gasteiger partial charge in [0.2, 0.25) is 5.88 Å². The van der Waals surface area contributed by atoms with E-state index in [1.165, 1.54) is 11.3 Å². The minimum Gasteiger partial charge on any atom is -0.473 e. The zero-order valence-corrected chi connectivity index (χ0v) is 26.2. The average molecular weight is 618 g/mol. The van der Waals surface area contributed by atoms with Gasteiger partial charge in [0.25, 0.3) is 0 Å². The van der Waals surface area contributed by atoms with E-state index in [-0.39, 0.29) is 11.7 Å². The number of nitriles is 1. The average Bonchev–Trinajstić information content (AvgIpc) is 3.73. The van der Waals surface area contributed by atoms with Crippen molar-refractivity contribution in [3.8, 4) is 23.5 Å². The molecule has 11 nitrogen and oxygen atoms in total. The Balaban J connectivity index is 1.21. The normalized spacial score (nSPS) is 26.7. The molecule has 0 amide bonds. The van der Waals surface area contributed by atoms with E-state index in [1.807, 2.05) is 6.07 Å². The summed E-state index contributed by atoms with van der Waals surface area (Å²) < 4.78 is 24.5. The van der Waals surface area contributed by atoms with Gasteiger partial charge in [-0.05, 0) is 77.4 Å². The zero-order valence-electron chi connectivity index (χ0n) is 25.4. The molecule has 232 valence electrons. The molecular weight excluding hydrogens is 578 g/mol. The van der Waals surface area contributed by atoms with Crippen LogP contribution in [0.25, 0.3) is 11.5 Å². The lowest BCUT2D eigenvalue weighted by Gasteiger charge is -2.48. The third-order valence-electron chi connectivity index (χ3n) is 10.5. The number of likely N-dealkylation sites (tertiary alicyclic amines) is 1. The van der Waals surface area contributed by atoms with E-state index in [0.717, 1.165) is 80.7 Å². The maximum atomic E-state index is 10.1. The molecule has 0 aromatic carbocycles. The Morgan fingerprint density at radius 1 is 1.18 bits per heavy atom. The molecule has 3 aromatic heterocycles. The number of ether oxygens (including phenoxy) is 3. The molecule has 12 heteroatoms. The number of aryl methyl sites for hydroxylation is 1. The summed E-state index contributed by atoms with van der Waals surface area (Å²) in [6.07, 6.45) is 7.80. The second-order valence-electron chi connectivity index (χ2n) is 13.2. The van der Waals surface area contributed by atoms with E-state index in [0.29, 0.717) is 60.4 Å². The van der Waals surface area contributed by atoms with Gasteiger partial charge in [0.05, 0.1) is 37.3 Å². The van der Waals surface area contributed by atoms with Gasteiger partial charge in [0, 0.05) is 29.1 Å². The van der Waals surface area contributed by atoms with Crippen LogP contribution in [0.1, 0.15) is 72.8 Å². The molecule has 2 N–H and O–H groups in total. The fourth-order valence-electron chi connectivity index (χ4n) is 8.30. The molecular formula is C32H39N7O4S. The molecule has 0 saturated carbocycles. The lowest BCUT2D eigenvalue weighted by molar-refractivity contribution is -0.211. The Kier molecular flexibility index (Phi) is 6.86. The molecule has 8 rings (SSSR count). The fraction of sp³-hybridized carbons (Fsp3) is 0.625. The summed E-state index contributed by atoms with van der Waals surface area (Å²) in [5.41, 5.74) is 9.05. The number of hydrogen-bond donors (Lipinski definition) is 1. The number of morpholine rings is 1. The highest BCUT2D eigenvalue weighted by Gasteiger charge is 2.49. The number of nitrogen functional groups attached to an aromatic ring is 1. The smallest absolute Gasteiger partial charge is 0.219 e. The van der Waals surface area contributed by atoms with Gasteiger partial charge in [0.15, 0.2) is 17.3 Å². The van der Waals surface area contributed by atoms with Crippen LogP contribution in [0, 0.1) is 11.3 Å². The molecule has 0 radical (unpaired) electrons. The minimum atomic E-state index is -0.398. The van der Waals surface area contributed by atoms with Crippen LogP contribution in [0.4, 0.5) is 10.8 Å². The Labute approximate surface area is 261 Å². The van der Waals surface area contributed by atoms with Crippen molar-refractivity contribution in [2.24, 2.45) is 0 Å². The highest BCUT2D eigenvalue weighted by atomic mass is 32.1. The Morgan fingerprint density at radius 2 is 2.02 bits per heavy atom. The predicted octanol–water partition coefficient (Wildman–Crippen LogP) is 4.07. The minimum absolute atomic E-state index is 0.0298. The van der Waals surface area contributed by atoms with Gasteiger partial charge in [-0.25, -0.2) is 4.98 Å². The highest BCUT2D eigenvalue weighted by molar-refractivity contribution is 7.16. The molecule has 2 spiro atoms. The Hall–Kier alpha value is -3.24. The predicted molar refractivity (Wildman–Crippen MR) is 165 cm³/mol. The molecule has 44 heavy (non-hydrogen) atoms. The first kappa shape index (κ1) is 28.2. The summed E-state index contributed by atoms with van der Waals surface area (Å²) in [7, 11) is 2.16. The first-order chi connectivity index (χ1) is 21.4. The van der Waals surface area contributed by atoms with Gasteiger partial charge < -0.3 is 29.4 Å². The molecule has 3 saturated heterocycles. The van der Waals surface area contributed by atoms with Gasteiger partial charge in [-0.2, -0.15) is 10.2 Å². The largest absolute Gasteiger partial charge is 0.473 e. The molecule has 3 atom stereocenters. The van der Waals surface area contributed by atoms with Gasteiger partial charge in [-0.15, -0.1) is 11.3 Å². The van der Waals surface area contributed by atoms with Crippen molar-refractivity contribution in [2.75, 3.05) is 57.1 Å². The number of thiophene rings is 1. The van der Waals surface area contributed by atoms with Crippen molar-refractivity contribution < 1.29 is 18.7 Å². The highest BCUT2D eigenvalue weighted by Crippen LogP contribution is 2.55. The van der Waals surface area contributed by atoms with E-state index in [4.69, 9.17) is 34.4 Å². The molecule has 6 heterocycles. The summed E-state index contributed by atoms with van der Waals surface area (Å²) >= 11 is 1.55. The topological polar surface area (TPSA) is 136 Å². The van der Waals surface area contributed by atoms with Crippen molar-refractivity contribution in [3.63, 3.8) is 0 Å². The lowest BCUT2D eigenvalue weighted by Crippen LogP contribution is -2.63. The van der Waals surface area contributed by atoms with Gasteiger partial charge in [0.1, 0.15) is 28.6 Å². The second kappa shape index (κ2) is 10.7. The van der Waals surface area contributed by atoms with Crippen LogP contribution in [0.5, 0.6) is 5.88 Å². The standard InChI is InChI=1S/C32H39N7O4S/c1-19(22-7-5-11-38(22)2)42-25-14-24(39-12-13-41-31(16-39)17-40-18-31)35-30(36-25)27-20-6-3-9-32(28(20)43-37-27)10-4-8-23-26(32)21(15-33)29(34)44-23/h14,19,22H,3-13,16-18,34H2,1-2H3/t19-,22-,32-/m0/s1. The van der Waals surface area contributed by atoms with E-state index < -0.39 is 5.41 Å². The number of rotatable bonds is 5. The van der Waals surface area contributed by atoms with Gasteiger partial charge in [-0.3, -0.25) is 4.90 Å². The molecule has 3 fully saturated rings. The van der Waals surface area contributed by atoms with Crippen molar-refractivity contribution in [1.29, 1.82) is 5.26 Å². The maximum Gasteiger partial charge on any atom is 0.219 e. The molecule has 3 aromatic rings. The Bertz CT molecular complexity index is 1620. The van der Waals surface area contributed by atoms with Crippen molar-refractivity contribution in [3.05, 3.63) is 33.4 Å². The van der Waals surface area contributed by atoms with Crippen molar-refractivity contribution in [1.82, 2.24) is 20.0 Å². The molecule has 3 aliphatic heterocycles. The molecule has 2 aliphatic carbocycles. The summed E-state index contributed by atoms with van der Waals surface area (Å²) in [4.78, 5) is 15.9. The van der Waals surface area contributed by atoms with Gasteiger partial charge >= 0.3 is 0 Å². The monoisotopic (exact) mass is 617 g/mol. The summed E-state index contributed by atoms with van der Waals surface area (Å²) in [6.45, 7) is 6.42. The number of nitrogens with two attached hydrogens (primary N) is 1. The number of anilines is 2. The summed E-state index contributed by atoms with van der Waals surface area (Å²) in [5.74, 6) is 2.70. The zero-order chi connectivity index (χ0) is 30.1. The van der Waals surface area contributed by atoms with Gasteiger partial charge in [-0.1, -0.05) is 5.16 Å². The molecule has 0 unspecified atom stereocenters. The SMILES string of the molecule is C[C@H](Oc1cc(N2CCOC3(COC3)C2)nc(-c2noc3c2CCC[C@@]32CCCc3sc(N)c(C#N)c32)n1)[C@@H]1CCCN1C. The quantitative estimate of drug-likeness (QED) is 0.444. The number of likely N-dealkylation sites (N-methyl/N-ethyl adjacent to an activating group) is 1. The maximum absolute atomic E-state index is 10.1. The van der Waals surface area contributed by atoms with Crippen LogP contribution in [0.15, 0.2) is 10.6 Å². The van der Waals surface area contributed by atoms with E-state index >= 15 is 0 Å². The summed E-state index contributed by atoms with van der Waals surface area (Å²) in [5, 5.41) is 15.4. The lowest BCUT2D eigenvalue weighted by atomic mass is 9.63. The van der Waals surface area contributed by atoms with Crippen LogP contribution >= 0.6 is 11.3 Å². The second-order valence-corrected chi connectivity index (χ2v) is 14.4. The van der Waals surface area contributed by atoms with Crippen molar-refractivity contribution >= 4 is 22.2 Å². The number of aromatic nitrogens is 3. The first-order valence-corrected chi connectivity index (χ1v) is 16.8. The molecule has 5 aliphatic rings. The van der Waals surface area contributed by atoms with E-state index in [1.54, 1.807) is 11.3 Å². The fourth-order valence-corrected chi connectivity index (χ4v) is 9.46.